The van der Waals surface area contributed by atoms with Gasteiger partial charge < -0.3 is 15.9 Å². The number of anilines is 1. The highest BCUT2D eigenvalue weighted by molar-refractivity contribution is 8.01. The van der Waals surface area contributed by atoms with Gasteiger partial charge in [-0.1, -0.05) is 23.1 Å². The second-order valence-electron chi connectivity index (χ2n) is 2.96. The molecule has 0 saturated heterocycles. The van der Waals surface area contributed by atoms with Crippen LogP contribution in [0, 0.1) is 0 Å². The Hall–Kier alpha value is -1.41. The van der Waals surface area contributed by atoms with Crippen molar-refractivity contribution >= 4 is 28.2 Å². The third-order valence-corrected chi connectivity index (χ3v) is 3.76. The van der Waals surface area contributed by atoms with Crippen molar-refractivity contribution in [3.05, 3.63) is 12.1 Å². The number of nitrogens with two attached hydrogens (primary N) is 1. The predicted molar refractivity (Wildman–Crippen MR) is 62.8 cm³/mol. The van der Waals surface area contributed by atoms with Gasteiger partial charge in [-0.25, -0.2) is 0 Å². The van der Waals surface area contributed by atoms with E-state index in [4.69, 9.17) is 5.73 Å². The molecule has 0 amide bonds. The predicted octanol–water partition coefficient (Wildman–Crippen LogP) is 1.13. The summed E-state index contributed by atoms with van der Waals surface area (Å²) in [5.74, 6) is 0.773. The van der Waals surface area contributed by atoms with E-state index in [1.807, 2.05) is 0 Å². The van der Waals surface area contributed by atoms with E-state index in [1.165, 1.54) is 39.8 Å². The second kappa shape index (κ2) is 4.62. The fraction of sp³-hybridized carbons (Fsp3) is 0.250. The van der Waals surface area contributed by atoms with Gasteiger partial charge in [-0.15, -0.1) is 10.2 Å². The first-order chi connectivity index (χ1) is 7.66. The number of nitrogens with zero attached hydrogens (tertiary/aromatic N) is 3. The molecular weight excluding hydrogens is 248 g/mol. The van der Waals surface area contributed by atoms with Crippen LogP contribution in [0.4, 0.5) is 5.13 Å². The molecule has 0 aromatic carbocycles. The van der Waals surface area contributed by atoms with E-state index in [-0.39, 0.29) is 11.8 Å². The van der Waals surface area contributed by atoms with Crippen molar-refractivity contribution in [3.63, 3.8) is 0 Å². The van der Waals surface area contributed by atoms with Crippen LogP contribution in [0.25, 0.3) is 0 Å². The first-order valence-corrected chi connectivity index (χ1v) is 6.26. The van der Waals surface area contributed by atoms with E-state index in [1.54, 1.807) is 0 Å². The lowest BCUT2D eigenvalue weighted by Gasteiger charge is -2.04. The van der Waals surface area contributed by atoms with Crippen LogP contribution in [0.5, 0.6) is 11.8 Å². The first-order valence-electron chi connectivity index (χ1n) is 4.46. The third kappa shape index (κ3) is 2.39. The molecule has 2 rings (SSSR count). The van der Waals surface area contributed by atoms with Gasteiger partial charge in [0.05, 0.1) is 0 Å². The maximum atomic E-state index is 9.38. The summed E-state index contributed by atoms with van der Waals surface area (Å²) >= 11 is 2.80. The van der Waals surface area contributed by atoms with Gasteiger partial charge in [-0.3, -0.25) is 4.57 Å². The largest absolute Gasteiger partial charge is 0.494 e. The summed E-state index contributed by atoms with van der Waals surface area (Å²) < 4.78 is 2.20. The van der Waals surface area contributed by atoms with Crippen molar-refractivity contribution in [2.24, 2.45) is 0 Å². The molecule has 16 heavy (non-hydrogen) atoms. The second-order valence-corrected chi connectivity index (χ2v) is 5.31. The minimum Gasteiger partial charge on any atom is -0.494 e. The van der Waals surface area contributed by atoms with E-state index in [0.29, 0.717) is 17.4 Å². The van der Waals surface area contributed by atoms with Crippen molar-refractivity contribution in [1.82, 2.24) is 14.8 Å². The SMILES string of the molecule is Nc1nnc(SCCn2c(O)ccc2O)s1. The molecule has 0 aliphatic carbocycles. The summed E-state index contributed by atoms with van der Waals surface area (Å²) in [4.78, 5) is 0. The topological polar surface area (TPSA) is 97.2 Å². The van der Waals surface area contributed by atoms with Crippen molar-refractivity contribution in [2.75, 3.05) is 11.5 Å². The molecule has 0 saturated carbocycles. The van der Waals surface area contributed by atoms with Crippen molar-refractivity contribution < 1.29 is 10.2 Å². The Morgan fingerprint density at radius 3 is 2.56 bits per heavy atom. The zero-order valence-corrected chi connectivity index (χ0v) is 9.83. The van der Waals surface area contributed by atoms with Gasteiger partial charge in [-0.2, -0.15) is 0 Å². The van der Waals surface area contributed by atoms with Crippen molar-refractivity contribution in [1.29, 1.82) is 0 Å². The lowest BCUT2D eigenvalue weighted by Crippen LogP contribution is -1.98. The monoisotopic (exact) mass is 258 g/mol. The average Bonchev–Trinajstić information content (AvgIpc) is 2.78. The molecule has 0 aliphatic heterocycles. The molecule has 2 aromatic rings. The standard InChI is InChI=1S/C8H10N4O2S2/c9-7-10-11-8(16-7)15-4-3-12-5(13)1-2-6(12)14/h1-2,13-14H,3-4H2,(H2,9,10). The van der Waals surface area contributed by atoms with Crippen LogP contribution in [0.3, 0.4) is 0 Å². The molecule has 6 nitrogen and oxygen atoms in total. The van der Waals surface area contributed by atoms with E-state index >= 15 is 0 Å². The molecule has 0 fully saturated rings. The van der Waals surface area contributed by atoms with Gasteiger partial charge in [0.2, 0.25) is 5.13 Å². The average molecular weight is 258 g/mol. The molecule has 0 atom stereocenters. The molecule has 0 unspecified atom stereocenters. The minimum atomic E-state index is 0.0508. The van der Waals surface area contributed by atoms with Gasteiger partial charge in [0.15, 0.2) is 16.1 Å². The summed E-state index contributed by atoms with van der Waals surface area (Å²) in [6, 6.07) is 2.89. The van der Waals surface area contributed by atoms with Crippen LogP contribution >= 0.6 is 23.1 Å². The Labute approximate surface area is 99.7 Å². The summed E-state index contributed by atoms with van der Waals surface area (Å²) in [6.45, 7) is 0.495. The molecular formula is C8H10N4O2S2. The van der Waals surface area contributed by atoms with Crippen LogP contribution < -0.4 is 5.73 Å². The summed E-state index contributed by atoms with van der Waals surface area (Å²) in [5, 5.41) is 26.7. The highest BCUT2D eigenvalue weighted by Crippen LogP contribution is 2.26. The molecule has 0 spiro atoms. The van der Waals surface area contributed by atoms with Crippen molar-refractivity contribution in [3.8, 4) is 11.8 Å². The maximum Gasteiger partial charge on any atom is 0.203 e. The zero-order valence-electron chi connectivity index (χ0n) is 8.20. The molecule has 2 aromatic heterocycles. The number of thioether (sulfide) groups is 1. The number of rotatable bonds is 4. The van der Waals surface area contributed by atoms with Gasteiger partial charge in [0, 0.05) is 24.4 Å². The van der Waals surface area contributed by atoms with Crippen LogP contribution in [-0.2, 0) is 6.54 Å². The number of aromatic nitrogens is 3. The molecule has 0 aliphatic rings. The van der Waals surface area contributed by atoms with Gasteiger partial charge in [0.25, 0.3) is 0 Å². The summed E-state index contributed by atoms with van der Waals surface area (Å²) in [6.07, 6.45) is 0. The minimum absolute atomic E-state index is 0.0508. The number of nitrogen functional groups attached to an aromatic ring is 1. The third-order valence-electron chi connectivity index (χ3n) is 1.90. The highest BCUT2D eigenvalue weighted by Gasteiger charge is 2.06. The van der Waals surface area contributed by atoms with Crippen molar-refractivity contribution in [2.45, 2.75) is 10.9 Å². The molecule has 0 radical (unpaired) electrons. The van der Waals surface area contributed by atoms with Gasteiger partial charge in [0.1, 0.15) is 0 Å². The molecule has 4 N–H and O–H groups in total. The van der Waals surface area contributed by atoms with Crippen LogP contribution in [0.15, 0.2) is 16.5 Å². The Kier molecular flexibility index (Phi) is 3.20. The molecule has 0 bridgehead atoms. The summed E-state index contributed by atoms with van der Waals surface area (Å²) in [7, 11) is 0. The van der Waals surface area contributed by atoms with E-state index in [2.05, 4.69) is 10.2 Å². The molecule has 8 heteroatoms. The quantitative estimate of drug-likeness (QED) is 0.711. The van der Waals surface area contributed by atoms with Gasteiger partial charge >= 0.3 is 0 Å². The van der Waals surface area contributed by atoms with Crippen LogP contribution in [0.1, 0.15) is 0 Å². The van der Waals surface area contributed by atoms with E-state index in [0.717, 1.165) is 4.34 Å². The Morgan fingerprint density at radius 2 is 2.00 bits per heavy atom. The molecule has 86 valence electrons. The number of aromatic hydroxyl groups is 2. The lowest BCUT2D eigenvalue weighted by molar-refractivity contribution is 0.374. The lowest BCUT2D eigenvalue weighted by atomic mass is 10.6. The Morgan fingerprint density at radius 1 is 1.31 bits per heavy atom. The normalized spacial score (nSPS) is 10.8. The fourth-order valence-electron chi connectivity index (χ4n) is 1.18. The summed E-state index contributed by atoms with van der Waals surface area (Å²) in [5.41, 5.74) is 5.44. The number of hydrogen-bond donors (Lipinski definition) is 3. The fourth-order valence-corrected chi connectivity index (χ4v) is 2.81. The van der Waals surface area contributed by atoms with E-state index < -0.39 is 0 Å². The Balaban J connectivity index is 1.89. The Bertz CT molecular complexity index is 463. The van der Waals surface area contributed by atoms with Gasteiger partial charge in [-0.05, 0) is 0 Å². The van der Waals surface area contributed by atoms with E-state index in [9.17, 15) is 10.2 Å². The number of hydrogen-bond acceptors (Lipinski definition) is 7. The highest BCUT2D eigenvalue weighted by atomic mass is 32.2. The molecule has 2 heterocycles. The smallest absolute Gasteiger partial charge is 0.203 e. The first kappa shape index (κ1) is 11.1. The zero-order chi connectivity index (χ0) is 11.5. The maximum absolute atomic E-state index is 9.38. The van der Waals surface area contributed by atoms with Crippen LogP contribution in [0.2, 0.25) is 0 Å². The van der Waals surface area contributed by atoms with Crippen LogP contribution in [-0.4, -0.2) is 30.7 Å².